The van der Waals surface area contributed by atoms with Crippen molar-refractivity contribution in [3.63, 3.8) is 0 Å². The minimum absolute atomic E-state index is 0.115. The van der Waals surface area contributed by atoms with Crippen LogP contribution in [0.25, 0.3) is 0 Å². The Labute approximate surface area is 131 Å². The standard InChI is InChI=1S/C15H13BrClNO2/c1-18(11-4-3-5-12(9-11)20-2)15(19)10-6-7-14(17)13(16)8-10/h3-9H,1-2H3. The molecule has 0 saturated heterocycles. The number of methoxy groups -OCH3 is 1. The molecule has 1 amide bonds. The summed E-state index contributed by atoms with van der Waals surface area (Å²) in [7, 11) is 3.32. The summed E-state index contributed by atoms with van der Waals surface area (Å²) in [6.45, 7) is 0. The van der Waals surface area contributed by atoms with Gasteiger partial charge in [-0.1, -0.05) is 17.7 Å². The Kier molecular flexibility index (Phi) is 4.68. The van der Waals surface area contributed by atoms with E-state index < -0.39 is 0 Å². The lowest BCUT2D eigenvalue weighted by molar-refractivity contribution is 0.0993. The maximum Gasteiger partial charge on any atom is 0.258 e. The fourth-order valence-corrected chi connectivity index (χ4v) is 2.26. The van der Waals surface area contributed by atoms with Gasteiger partial charge in [-0.25, -0.2) is 0 Å². The van der Waals surface area contributed by atoms with E-state index in [1.165, 1.54) is 0 Å². The predicted octanol–water partition coefficient (Wildman–Crippen LogP) is 4.39. The molecule has 0 N–H and O–H groups in total. The number of carbonyl (C=O) groups is 1. The summed E-state index contributed by atoms with van der Waals surface area (Å²) in [5.74, 6) is 0.593. The lowest BCUT2D eigenvalue weighted by atomic mass is 10.2. The van der Waals surface area contributed by atoms with E-state index in [1.54, 1.807) is 37.3 Å². The lowest BCUT2D eigenvalue weighted by Crippen LogP contribution is -2.26. The molecule has 0 heterocycles. The van der Waals surface area contributed by atoms with Crippen molar-refractivity contribution in [2.45, 2.75) is 0 Å². The smallest absolute Gasteiger partial charge is 0.258 e. The molecular formula is C15H13BrClNO2. The molecule has 2 aromatic rings. The van der Waals surface area contributed by atoms with Crippen LogP contribution in [0.4, 0.5) is 5.69 Å². The Balaban J connectivity index is 2.29. The van der Waals surface area contributed by atoms with Gasteiger partial charge in [-0.2, -0.15) is 0 Å². The second-order valence-corrected chi connectivity index (χ2v) is 5.46. The Morgan fingerprint density at radius 3 is 2.65 bits per heavy atom. The van der Waals surface area contributed by atoms with Crippen LogP contribution in [-0.2, 0) is 0 Å². The molecule has 0 radical (unpaired) electrons. The highest BCUT2D eigenvalue weighted by atomic mass is 79.9. The number of carbonyl (C=O) groups excluding carboxylic acids is 1. The Bertz CT molecular complexity index is 646. The highest BCUT2D eigenvalue weighted by Crippen LogP contribution is 2.25. The van der Waals surface area contributed by atoms with E-state index in [1.807, 2.05) is 24.3 Å². The number of ether oxygens (including phenoxy) is 1. The first kappa shape index (κ1) is 14.9. The number of halogens is 2. The van der Waals surface area contributed by atoms with Gasteiger partial charge in [-0.15, -0.1) is 0 Å². The van der Waals surface area contributed by atoms with Crippen molar-refractivity contribution in [3.05, 3.63) is 57.5 Å². The molecule has 0 unspecified atom stereocenters. The zero-order valence-electron chi connectivity index (χ0n) is 11.1. The van der Waals surface area contributed by atoms with Gasteiger partial charge in [0, 0.05) is 28.8 Å². The zero-order valence-corrected chi connectivity index (χ0v) is 13.4. The molecule has 0 aliphatic carbocycles. The maximum absolute atomic E-state index is 12.4. The summed E-state index contributed by atoms with van der Waals surface area (Å²) in [6.07, 6.45) is 0. The van der Waals surface area contributed by atoms with Crippen LogP contribution in [0.1, 0.15) is 10.4 Å². The largest absolute Gasteiger partial charge is 0.497 e. The fourth-order valence-electron chi connectivity index (χ4n) is 1.76. The van der Waals surface area contributed by atoms with Crippen LogP contribution in [0.5, 0.6) is 5.75 Å². The molecule has 0 saturated carbocycles. The first-order valence-electron chi connectivity index (χ1n) is 5.90. The molecule has 0 atom stereocenters. The van der Waals surface area contributed by atoms with Gasteiger partial charge in [0.25, 0.3) is 5.91 Å². The van der Waals surface area contributed by atoms with Crippen LogP contribution >= 0.6 is 27.5 Å². The van der Waals surface area contributed by atoms with Crippen LogP contribution in [0.2, 0.25) is 5.02 Å². The van der Waals surface area contributed by atoms with E-state index in [0.29, 0.717) is 20.8 Å². The first-order chi connectivity index (χ1) is 9.52. The SMILES string of the molecule is COc1cccc(N(C)C(=O)c2ccc(Cl)c(Br)c2)c1. The third kappa shape index (κ3) is 3.14. The molecule has 0 spiro atoms. The fraction of sp³-hybridized carbons (Fsp3) is 0.133. The molecule has 3 nitrogen and oxygen atoms in total. The number of amides is 1. The van der Waals surface area contributed by atoms with Gasteiger partial charge >= 0.3 is 0 Å². The Morgan fingerprint density at radius 2 is 2.00 bits per heavy atom. The number of hydrogen-bond acceptors (Lipinski definition) is 2. The van der Waals surface area contributed by atoms with E-state index in [0.717, 1.165) is 5.69 Å². The second kappa shape index (κ2) is 6.29. The Hall–Kier alpha value is -1.52. The zero-order chi connectivity index (χ0) is 14.7. The monoisotopic (exact) mass is 353 g/mol. The maximum atomic E-state index is 12.4. The molecule has 2 rings (SSSR count). The van der Waals surface area contributed by atoms with Gasteiger partial charge < -0.3 is 9.64 Å². The van der Waals surface area contributed by atoms with E-state index >= 15 is 0 Å². The number of rotatable bonds is 3. The van der Waals surface area contributed by atoms with Gasteiger partial charge in [-0.05, 0) is 46.3 Å². The van der Waals surface area contributed by atoms with Gasteiger partial charge in [0.15, 0.2) is 0 Å². The number of anilines is 1. The highest BCUT2D eigenvalue weighted by Gasteiger charge is 2.15. The van der Waals surface area contributed by atoms with E-state index in [2.05, 4.69) is 15.9 Å². The molecule has 0 aromatic heterocycles. The third-order valence-corrected chi connectivity index (χ3v) is 4.13. The highest BCUT2D eigenvalue weighted by molar-refractivity contribution is 9.10. The third-order valence-electron chi connectivity index (χ3n) is 2.91. The number of nitrogens with zero attached hydrogens (tertiary/aromatic N) is 1. The molecule has 0 aliphatic rings. The van der Waals surface area contributed by atoms with Crippen LogP contribution in [0.15, 0.2) is 46.9 Å². The summed E-state index contributed by atoms with van der Waals surface area (Å²) in [4.78, 5) is 14.0. The Morgan fingerprint density at radius 1 is 1.25 bits per heavy atom. The molecule has 0 fully saturated rings. The molecule has 20 heavy (non-hydrogen) atoms. The molecular weight excluding hydrogens is 342 g/mol. The van der Waals surface area contributed by atoms with Crippen molar-refractivity contribution >= 4 is 39.1 Å². The number of benzene rings is 2. The second-order valence-electron chi connectivity index (χ2n) is 4.19. The molecule has 104 valence electrons. The van der Waals surface area contributed by atoms with Crippen molar-refractivity contribution in [2.24, 2.45) is 0 Å². The first-order valence-corrected chi connectivity index (χ1v) is 7.07. The van der Waals surface area contributed by atoms with Crippen molar-refractivity contribution in [2.75, 3.05) is 19.1 Å². The van der Waals surface area contributed by atoms with Crippen LogP contribution in [0, 0.1) is 0 Å². The predicted molar refractivity (Wildman–Crippen MR) is 84.9 cm³/mol. The molecule has 5 heteroatoms. The average molecular weight is 355 g/mol. The summed E-state index contributed by atoms with van der Waals surface area (Å²) < 4.78 is 5.86. The van der Waals surface area contributed by atoms with E-state index in [9.17, 15) is 4.79 Å². The van der Waals surface area contributed by atoms with Crippen molar-refractivity contribution in [3.8, 4) is 5.75 Å². The number of hydrogen-bond donors (Lipinski definition) is 0. The quantitative estimate of drug-likeness (QED) is 0.818. The van der Waals surface area contributed by atoms with Crippen LogP contribution in [0.3, 0.4) is 0 Å². The topological polar surface area (TPSA) is 29.5 Å². The minimum Gasteiger partial charge on any atom is -0.497 e. The average Bonchev–Trinajstić information content (AvgIpc) is 2.48. The summed E-state index contributed by atoms with van der Waals surface area (Å²) in [5.41, 5.74) is 1.33. The van der Waals surface area contributed by atoms with Crippen LogP contribution in [-0.4, -0.2) is 20.1 Å². The van der Waals surface area contributed by atoms with Gasteiger partial charge in [0.2, 0.25) is 0 Å². The minimum atomic E-state index is -0.115. The molecule has 0 bridgehead atoms. The van der Waals surface area contributed by atoms with Crippen molar-refractivity contribution in [1.82, 2.24) is 0 Å². The normalized spacial score (nSPS) is 10.2. The van der Waals surface area contributed by atoms with E-state index in [-0.39, 0.29) is 5.91 Å². The van der Waals surface area contributed by atoms with Gasteiger partial charge in [0.05, 0.1) is 12.1 Å². The van der Waals surface area contributed by atoms with Crippen molar-refractivity contribution < 1.29 is 9.53 Å². The van der Waals surface area contributed by atoms with Crippen molar-refractivity contribution in [1.29, 1.82) is 0 Å². The van der Waals surface area contributed by atoms with E-state index in [4.69, 9.17) is 16.3 Å². The summed E-state index contributed by atoms with van der Waals surface area (Å²) in [5, 5.41) is 0.575. The summed E-state index contributed by atoms with van der Waals surface area (Å²) in [6, 6.07) is 12.4. The lowest BCUT2D eigenvalue weighted by Gasteiger charge is -2.18. The van der Waals surface area contributed by atoms with Crippen LogP contribution < -0.4 is 9.64 Å². The molecule has 2 aromatic carbocycles. The van der Waals surface area contributed by atoms with Gasteiger partial charge in [-0.3, -0.25) is 4.79 Å². The van der Waals surface area contributed by atoms with Gasteiger partial charge in [0.1, 0.15) is 5.75 Å². The summed E-state index contributed by atoms with van der Waals surface area (Å²) >= 11 is 9.25. The molecule has 0 aliphatic heterocycles.